The lowest BCUT2D eigenvalue weighted by atomic mass is 9.95. The minimum atomic E-state index is -4.88. The van der Waals surface area contributed by atoms with Crippen LogP contribution in [-0.2, 0) is 17.1 Å². The molecule has 2 heterocycles. The van der Waals surface area contributed by atoms with E-state index in [2.05, 4.69) is 4.98 Å². The van der Waals surface area contributed by atoms with Crippen LogP contribution in [0.5, 0.6) is 5.75 Å². The van der Waals surface area contributed by atoms with Crippen LogP contribution in [0, 0.1) is 10.1 Å². The van der Waals surface area contributed by atoms with E-state index in [4.69, 9.17) is 21.7 Å². The summed E-state index contributed by atoms with van der Waals surface area (Å²) in [5.41, 5.74) is -2.70. The lowest BCUT2D eigenvalue weighted by Crippen LogP contribution is -2.49. The molecule has 2 aliphatic rings. The summed E-state index contributed by atoms with van der Waals surface area (Å²) >= 11 is 5.52. The molecule has 0 atom stereocenters. The molecule has 0 radical (unpaired) electrons. The van der Waals surface area contributed by atoms with Crippen LogP contribution < -0.4 is 9.64 Å². The van der Waals surface area contributed by atoms with Crippen LogP contribution in [0.15, 0.2) is 36.5 Å². The number of rotatable bonds is 7. The number of thiocarbonyl (C=S) groups is 1. The first-order valence-corrected chi connectivity index (χ1v) is 12.9. The van der Waals surface area contributed by atoms with Crippen molar-refractivity contribution in [3.8, 4) is 5.75 Å². The first kappa shape index (κ1) is 29.8. The minimum Gasteiger partial charge on any atom is -0.490 e. The number of anilines is 1. The molecule has 0 N–H and O–H groups in total. The molecular weight excluding hydrogens is 566 g/mol. The fourth-order valence-electron chi connectivity index (χ4n) is 4.72. The molecule has 15 heteroatoms. The Hall–Kier alpha value is -3.20. The molecule has 0 spiro atoms. The van der Waals surface area contributed by atoms with Crippen LogP contribution in [-0.4, -0.2) is 64.8 Å². The van der Waals surface area contributed by atoms with Crippen molar-refractivity contribution in [2.45, 2.75) is 50.2 Å². The molecule has 8 nitrogen and oxygen atoms in total. The van der Waals surface area contributed by atoms with Gasteiger partial charge in [0, 0.05) is 32.2 Å². The van der Waals surface area contributed by atoms with Gasteiger partial charge in [-0.25, -0.2) is 4.98 Å². The van der Waals surface area contributed by atoms with E-state index in [-0.39, 0.29) is 24.6 Å². The molecular formula is C25H26F6N4O4S. The zero-order chi connectivity index (χ0) is 29.1. The van der Waals surface area contributed by atoms with Crippen LogP contribution >= 0.6 is 12.2 Å². The summed E-state index contributed by atoms with van der Waals surface area (Å²) in [5, 5.41) is 10.9. The van der Waals surface area contributed by atoms with Crippen molar-refractivity contribution in [1.82, 2.24) is 9.88 Å². The Morgan fingerprint density at radius 3 is 2.17 bits per heavy atom. The van der Waals surface area contributed by atoms with Gasteiger partial charge in [0.15, 0.2) is 0 Å². The van der Waals surface area contributed by atoms with Crippen molar-refractivity contribution >= 4 is 28.6 Å². The number of ether oxygens (including phenoxy) is 2. The second-order valence-corrected chi connectivity index (χ2v) is 10.00. The van der Waals surface area contributed by atoms with E-state index in [1.165, 1.54) is 18.3 Å². The fourth-order valence-corrected chi connectivity index (χ4v) is 4.97. The molecule has 218 valence electrons. The van der Waals surface area contributed by atoms with Gasteiger partial charge < -0.3 is 19.3 Å². The van der Waals surface area contributed by atoms with Crippen LogP contribution in [0.2, 0.25) is 0 Å². The monoisotopic (exact) mass is 592 g/mol. The summed E-state index contributed by atoms with van der Waals surface area (Å²) in [7, 11) is 0. The highest BCUT2D eigenvalue weighted by atomic mass is 32.1. The van der Waals surface area contributed by atoms with Crippen molar-refractivity contribution in [2.75, 3.05) is 37.7 Å². The first-order valence-electron chi connectivity index (χ1n) is 12.5. The third-order valence-electron chi connectivity index (χ3n) is 6.87. The second kappa shape index (κ2) is 12.1. The number of aromatic nitrogens is 1. The standard InChI is InChI=1S/C25H26F6N4O4S/c26-24(27,28)20-13-19(6-7-21(20)35(36)37)39-18-4-2-17(3-5-18)38-15-23(40)34-11-9-33(10-12-34)16-1-8-22(32-14-16)25(29,30)31/h1,6-8,13-14,17-18H,2-5,9-12,15H2/t17-,18-. The van der Waals surface area contributed by atoms with Gasteiger partial charge in [0.25, 0.3) is 5.69 Å². The third kappa shape index (κ3) is 7.50. The number of piperazine rings is 1. The zero-order valence-electron chi connectivity index (χ0n) is 21.1. The van der Waals surface area contributed by atoms with E-state index in [0.717, 1.165) is 12.1 Å². The molecule has 40 heavy (non-hydrogen) atoms. The maximum Gasteiger partial charge on any atom is 0.433 e. The average molecular weight is 593 g/mol. The predicted molar refractivity (Wildman–Crippen MR) is 136 cm³/mol. The quantitative estimate of drug-likeness (QED) is 0.171. The smallest absolute Gasteiger partial charge is 0.433 e. The van der Waals surface area contributed by atoms with Gasteiger partial charge in [-0.2, -0.15) is 26.3 Å². The van der Waals surface area contributed by atoms with Gasteiger partial charge >= 0.3 is 12.4 Å². The van der Waals surface area contributed by atoms with E-state index in [9.17, 15) is 36.5 Å². The highest BCUT2D eigenvalue weighted by Gasteiger charge is 2.39. The molecule has 0 unspecified atom stereocenters. The zero-order valence-corrected chi connectivity index (χ0v) is 21.9. The molecule has 0 amide bonds. The molecule has 1 aromatic heterocycles. The Kier molecular flexibility index (Phi) is 9.02. The molecule has 2 aromatic rings. The first-order chi connectivity index (χ1) is 18.8. The summed E-state index contributed by atoms with van der Waals surface area (Å²) < 4.78 is 89.5. The van der Waals surface area contributed by atoms with Gasteiger partial charge in [-0.15, -0.1) is 0 Å². The van der Waals surface area contributed by atoms with Crippen molar-refractivity contribution in [3.63, 3.8) is 0 Å². The summed E-state index contributed by atoms with van der Waals surface area (Å²) in [6.07, 6.45) is -6.28. The maximum absolute atomic E-state index is 13.2. The van der Waals surface area contributed by atoms with E-state index >= 15 is 0 Å². The number of pyridine rings is 1. The Morgan fingerprint density at radius 1 is 0.975 bits per heavy atom. The van der Waals surface area contributed by atoms with E-state index in [1.807, 2.05) is 9.80 Å². The largest absolute Gasteiger partial charge is 0.490 e. The number of benzene rings is 1. The van der Waals surface area contributed by atoms with E-state index in [0.29, 0.717) is 68.6 Å². The summed E-state index contributed by atoms with van der Waals surface area (Å²) in [5.74, 6) is -0.0744. The number of hydrogen-bond donors (Lipinski definition) is 0. The number of nitro benzene ring substituents is 1. The highest BCUT2D eigenvalue weighted by molar-refractivity contribution is 7.80. The number of hydrogen-bond acceptors (Lipinski definition) is 7. The van der Waals surface area contributed by atoms with Crippen LogP contribution in [0.1, 0.15) is 36.9 Å². The topological polar surface area (TPSA) is 81.0 Å². The summed E-state index contributed by atoms with van der Waals surface area (Å²) in [6, 6.07) is 5.00. The van der Waals surface area contributed by atoms with Gasteiger partial charge in [0.2, 0.25) is 0 Å². The predicted octanol–water partition coefficient (Wildman–Crippen LogP) is 5.88. The van der Waals surface area contributed by atoms with Crippen molar-refractivity contribution in [2.24, 2.45) is 0 Å². The van der Waals surface area contributed by atoms with Crippen LogP contribution in [0.25, 0.3) is 0 Å². The summed E-state index contributed by atoms with van der Waals surface area (Å²) in [4.78, 5) is 17.9. The minimum absolute atomic E-state index is 0.0744. The van der Waals surface area contributed by atoms with Crippen LogP contribution in [0.4, 0.5) is 37.7 Å². The Bertz CT molecular complexity index is 1200. The number of nitrogens with zero attached hydrogens (tertiary/aromatic N) is 4. The average Bonchev–Trinajstić information content (AvgIpc) is 2.91. The van der Waals surface area contributed by atoms with Crippen molar-refractivity contribution in [3.05, 3.63) is 57.9 Å². The van der Waals surface area contributed by atoms with E-state index in [1.54, 1.807) is 0 Å². The molecule has 1 saturated carbocycles. The molecule has 1 saturated heterocycles. The fraction of sp³-hybridized carbons (Fsp3) is 0.520. The Morgan fingerprint density at radius 2 is 1.62 bits per heavy atom. The number of alkyl halides is 6. The Balaban J connectivity index is 1.19. The molecule has 4 rings (SSSR count). The molecule has 0 bridgehead atoms. The van der Waals surface area contributed by atoms with Crippen molar-refractivity contribution < 1.29 is 40.7 Å². The van der Waals surface area contributed by atoms with Gasteiger partial charge in [0.05, 0.1) is 35.6 Å². The molecule has 1 aliphatic carbocycles. The summed E-state index contributed by atoms with van der Waals surface area (Å²) in [6.45, 7) is 2.52. The molecule has 1 aromatic carbocycles. The normalized spacial score (nSPS) is 20.4. The lowest BCUT2D eigenvalue weighted by molar-refractivity contribution is -0.388. The maximum atomic E-state index is 13.2. The lowest BCUT2D eigenvalue weighted by Gasteiger charge is -2.37. The van der Waals surface area contributed by atoms with Crippen molar-refractivity contribution in [1.29, 1.82) is 0 Å². The molecule has 2 fully saturated rings. The SMILES string of the molecule is O=[N+]([O-])c1ccc(O[C@H]2CC[C@H](OCC(=S)N3CCN(c4ccc(C(F)(F)F)nc4)CC3)CC2)cc1C(F)(F)F. The molecule has 1 aliphatic heterocycles. The van der Waals surface area contributed by atoms with Crippen LogP contribution in [0.3, 0.4) is 0 Å². The second-order valence-electron chi connectivity index (χ2n) is 9.53. The van der Waals surface area contributed by atoms with Gasteiger partial charge in [-0.05, 0) is 49.9 Å². The van der Waals surface area contributed by atoms with E-state index < -0.39 is 34.2 Å². The number of nitro groups is 1. The number of halogens is 6. The van der Waals surface area contributed by atoms with Gasteiger partial charge in [-0.1, -0.05) is 12.2 Å². The van der Waals surface area contributed by atoms with Gasteiger partial charge in [0.1, 0.15) is 22.0 Å². The van der Waals surface area contributed by atoms with Gasteiger partial charge in [-0.3, -0.25) is 10.1 Å². The third-order valence-corrected chi connectivity index (χ3v) is 7.25. The highest BCUT2D eigenvalue weighted by Crippen LogP contribution is 2.39. The Labute approximate surface area is 231 Å².